The summed E-state index contributed by atoms with van der Waals surface area (Å²) in [5.74, 6) is 0.789. The SMILES string of the molecule is O=C(CCC1CCCCC1)Nc1nnc(Cc2cccc(Br)c2)s1. The summed E-state index contributed by atoms with van der Waals surface area (Å²) in [6, 6.07) is 8.15. The van der Waals surface area contributed by atoms with Crippen LogP contribution in [-0.4, -0.2) is 16.1 Å². The number of carbonyl (C=O) groups is 1. The molecule has 1 aromatic carbocycles. The Kier molecular flexibility index (Phi) is 6.37. The molecule has 1 fully saturated rings. The maximum atomic E-state index is 12.1. The van der Waals surface area contributed by atoms with E-state index < -0.39 is 0 Å². The summed E-state index contributed by atoms with van der Waals surface area (Å²) in [6.07, 6.45) is 8.87. The Morgan fingerprint density at radius 3 is 2.88 bits per heavy atom. The Balaban J connectivity index is 1.47. The first-order chi connectivity index (χ1) is 11.7. The molecule has 1 N–H and O–H groups in total. The molecule has 0 radical (unpaired) electrons. The molecular formula is C18H22BrN3OS. The molecule has 1 heterocycles. The smallest absolute Gasteiger partial charge is 0.226 e. The lowest BCUT2D eigenvalue weighted by molar-refractivity contribution is -0.116. The molecule has 0 saturated heterocycles. The van der Waals surface area contributed by atoms with E-state index >= 15 is 0 Å². The van der Waals surface area contributed by atoms with Crippen LogP contribution in [0.25, 0.3) is 0 Å². The number of anilines is 1. The lowest BCUT2D eigenvalue weighted by Crippen LogP contribution is -2.14. The highest BCUT2D eigenvalue weighted by molar-refractivity contribution is 9.10. The summed E-state index contributed by atoms with van der Waals surface area (Å²) in [7, 11) is 0. The van der Waals surface area contributed by atoms with Gasteiger partial charge < -0.3 is 5.32 Å². The first-order valence-corrected chi connectivity index (χ1v) is 10.2. The number of hydrogen-bond acceptors (Lipinski definition) is 4. The molecule has 0 spiro atoms. The van der Waals surface area contributed by atoms with Crippen LogP contribution in [0.15, 0.2) is 28.7 Å². The number of carbonyl (C=O) groups excluding carboxylic acids is 1. The Bertz CT molecular complexity index is 682. The van der Waals surface area contributed by atoms with Gasteiger partial charge in [0.05, 0.1) is 0 Å². The molecule has 128 valence electrons. The minimum absolute atomic E-state index is 0.0609. The summed E-state index contributed by atoms with van der Waals surface area (Å²) < 4.78 is 1.06. The molecule has 0 unspecified atom stereocenters. The van der Waals surface area contributed by atoms with Gasteiger partial charge in [0.25, 0.3) is 0 Å². The van der Waals surface area contributed by atoms with Gasteiger partial charge in [0.2, 0.25) is 11.0 Å². The highest BCUT2D eigenvalue weighted by Gasteiger charge is 2.15. The normalized spacial score (nSPS) is 15.4. The number of halogens is 1. The van der Waals surface area contributed by atoms with Gasteiger partial charge in [-0.2, -0.15) is 0 Å². The van der Waals surface area contributed by atoms with E-state index in [2.05, 4.69) is 43.6 Å². The molecule has 1 amide bonds. The Morgan fingerprint density at radius 2 is 2.08 bits per heavy atom. The van der Waals surface area contributed by atoms with Gasteiger partial charge in [0, 0.05) is 17.3 Å². The van der Waals surface area contributed by atoms with Gasteiger partial charge in [-0.3, -0.25) is 4.79 Å². The number of amides is 1. The fourth-order valence-corrected chi connectivity index (χ4v) is 4.43. The van der Waals surface area contributed by atoms with E-state index in [1.165, 1.54) is 49.0 Å². The van der Waals surface area contributed by atoms with Gasteiger partial charge in [-0.1, -0.05) is 71.5 Å². The Labute approximate surface area is 155 Å². The van der Waals surface area contributed by atoms with Gasteiger partial charge in [0.15, 0.2) is 0 Å². The zero-order chi connectivity index (χ0) is 16.8. The van der Waals surface area contributed by atoms with Crippen molar-refractivity contribution in [1.82, 2.24) is 10.2 Å². The number of aromatic nitrogens is 2. The summed E-state index contributed by atoms with van der Waals surface area (Å²) in [5, 5.41) is 12.7. The van der Waals surface area contributed by atoms with E-state index in [1.807, 2.05) is 12.1 Å². The second-order valence-electron chi connectivity index (χ2n) is 6.40. The summed E-state index contributed by atoms with van der Waals surface area (Å²) in [4.78, 5) is 12.1. The maximum Gasteiger partial charge on any atom is 0.226 e. The van der Waals surface area contributed by atoms with Gasteiger partial charge in [-0.05, 0) is 30.0 Å². The van der Waals surface area contributed by atoms with Crippen molar-refractivity contribution in [2.45, 2.75) is 51.4 Å². The van der Waals surface area contributed by atoms with E-state index in [0.29, 0.717) is 11.6 Å². The zero-order valence-corrected chi connectivity index (χ0v) is 16.0. The Hall–Kier alpha value is -1.27. The van der Waals surface area contributed by atoms with Crippen LogP contribution in [0.1, 0.15) is 55.5 Å². The second kappa shape index (κ2) is 8.72. The molecule has 1 aliphatic carbocycles. The van der Waals surface area contributed by atoms with E-state index in [4.69, 9.17) is 0 Å². The average Bonchev–Trinajstić information content (AvgIpc) is 3.01. The molecule has 3 rings (SSSR count). The van der Waals surface area contributed by atoms with Crippen LogP contribution in [0.4, 0.5) is 5.13 Å². The van der Waals surface area contributed by atoms with Crippen molar-refractivity contribution in [3.8, 4) is 0 Å². The van der Waals surface area contributed by atoms with Crippen LogP contribution in [-0.2, 0) is 11.2 Å². The maximum absolute atomic E-state index is 12.1. The predicted molar refractivity (Wildman–Crippen MR) is 101 cm³/mol. The first kappa shape index (κ1) is 17.5. The van der Waals surface area contributed by atoms with E-state index in [1.54, 1.807) is 0 Å². The number of rotatable bonds is 6. The molecule has 4 nitrogen and oxygen atoms in total. The predicted octanol–water partition coefficient (Wildman–Crippen LogP) is 5.19. The largest absolute Gasteiger partial charge is 0.301 e. The lowest BCUT2D eigenvalue weighted by Gasteiger charge is -2.20. The molecular weight excluding hydrogens is 386 g/mol. The third kappa shape index (κ3) is 5.38. The summed E-state index contributed by atoms with van der Waals surface area (Å²) in [6.45, 7) is 0. The van der Waals surface area contributed by atoms with Crippen molar-refractivity contribution in [3.05, 3.63) is 39.3 Å². The van der Waals surface area contributed by atoms with Crippen LogP contribution < -0.4 is 5.32 Å². The fourth-order valence-electron chi connectivity index (χ4n) is 3.19. The average molecular weight is 408 g/mol. The molecule has 1 aromatic heterocycles. The monoisotopic (exact) mass is 407 g/mol. The van der Waals surface area contributed by atoms with Crippen molar-refractivity contribution >= 4 is 38.3 Å². The molecule has 0 atom stereocenters. The first-order valence-electron chi connectivity index (χ1n) is 8.56. The molecule has 2 aromatic rings. The van der Waals surface area contributed by atoms with E-state index in [0.717, 1.165) is 28.2 Å². The number of nitrogens with one attached hydrogen (secondary N) is 1. The quantitative estimate of drug-likeness (QED) is 0.716. The molecule has 1 aliphatic rings. The number of nitrogens with zero attached hydrogens (tertiary/aromatic N) is 2. The standard InChI is InChI=1S/C18H22BrN3OS/c19-15-8-4-7-14(11-15)12-17-21-22-18(24-17)20-16(23)10-9-13-5-2-1-3-6-13/h4,7-8,11,13H,1-3,5-6,9-10,12H2,(H,20,22,23). The molecule has 1 saturated carbocycles. The van der Waals surface area contributed by atoms with Crippen LogP contribution >= 0.6 is 27.3 Å². The molecule has 24 heavy (non-hydrogen) atoms. The van der Waals surface area contributed by atoms with Gasteiger partial charge in [-0.25, -0.2) is 0 Å². The lowest BCUT2D eigenvalue weighted by atomic mass is 9.86. The summed E-state index contributed by atoms with van der Waals surface area (Å²) >= 11 is 4.93. The van der Waals surface area contributed by atoms with Crippen LogP contribution in [0.2, 0.25) is 0 Å². The van der Waals surface area contributed by atoms with Crippen LogP contribution in [0.3, 0.4) is 0 Å². The third-order valence-electron chi connectivity index (χ3n) is 4.46. The van der Waals surface area contributed by atoms with Crippen molar-refractivity contribution < 1.29 is 4.79 Å². The van der Waals surface area contributed by atoms with Crippen molar-refractivity contribution in [3.63, 3.8) is 0 Å². The second-order valence-corrected chi connectivity index (χ2v) is 8.38. The highest BCUT2D eigenvalue weighted by atomic mass is 79.9. The number of hydrogen-bond donors (Lipinski definition) is 1. The fraction of sp³-hybridized carbons (Fsp3) is 0.500. The van der Waals surface area contributed by atoms with Gasteiger partial charge in [-0.15, -0.1) is 10.2 Å². The third-order valence-corrected chi connectivity index (χ3v) is 5.79. The van der Waals surface area contributed by atoms with Crippen molar-refractivity contribution in [1.29, 1.82) is 0 Å². The van der Waals surface area contributed by atoms with Crippen LogP contribution in [0.5, 0.6) is 0 Å². The molecule has 6 heteroatoms. The zero-order valence-electron chi connectivity index (χ0n) is 13.6. The minimum atomic E-state index is 0.0609. The molecule has 0 aliphatic heterocycles. The van der Waals surface area contributed by atoms with E-state index in [9.17, 15) is 4.79 Å². The van der Waals surface area contributed by atoms with E-state index in [-0.39, 0.29) is 5.91 Å². The van der Waals surface area contributed by atoms with Crippen molar-refractivity contribution in [2.24, 2.45) is 5.92 Å². The topological polar surface area (TPSA) is 54.9 Å². The molecule has 0 bridgehead atoms. The highest BCUT2D eigenvalue weighted by Crippen LogP contribution is 2.27. The van der Waals surface area contributed by atoms with Gasteiger partial charge >= 0.3 is 0 Å². The Morgan fingerprint density at radius 1 is 1.25 bits per heavy atom. The van der Waals surface area contributed by atoms with Gasteiger partial charge in [0.1, 0.15) is 5.01 Å². The number of benzene rings is 1. The summed E-state index contributed by atoms with van der Waals surface area (Å²) in [5.41, 5.74) is 1.18. The minimum Gasteiger partial charge on any atom is -0.301 e. The van der Waals surface area contributed by atoms with Crippen molar-refractivity contribution in [2.75, 3.05) is 5.32 Å². The van der Waals surface area contributed by atoms with Crippen LogP contribution in [0, 0.1) is 5.92 Å².